The molecule has 0 aromatic carbocycles. The molecule has 17 heavy (non-hydrogen) atoms. The molecule has 2 aromatic heterocycles. The molecule has 0 aliphatic rings. The van der Waals surface area contributed by atoms with Crippen molar-refractivity contribution in [1.29, 1.82) is 0 Å². The molecule has 11 heteroatoms. The Balaban J connectivity index is 2.24. The fraction of sp³-hybridized carbons (Fsp3) is 0. The Morgan fingerprint density at radius 2 is 2.12 bits per heavy atom. The van der Waals surface area contributed by atoms with E-state index < -0.39 is 6.72 Å². The summed E-state index contributed by atoms with van der Waals surface area (Å²) >= 11 is 9.85. The summed E-state index contributed by atoms with van der Waals surface area (Å²) in [4.78, 5) is 21.5. The lowest BCUT2D eigenvalue weighted by atomic mass is 10.5. The van der Waals surface area contributed by atoms with Gasteiger partial charge in [0.05, 0.1) is 0 Å². The summed E-state index contributed by atoms with van der Waals surface area (Å²) in [6.07, 6.45) is 1.26. The summed E-state index contributed by atoms with van der Waals surface area (Å²) in [5.74, 6) is 0.348. The summed E-state index contributed by atoms with van der Waals surface area (Å²) in [5, 5.41) is 11.4. The number of rotatable bonds is 3. The molecule has 0 aliphatic heterocycles. The average molecular weight is 294 g/mol. The van der Waals surface area contributed by atoms with Gasteiger partial charge in [-0.2, -0.15) is 9.67 Å². The van der Waals surface area contributed by atoms with Gasteiger partial charge < -0.3 is 14.3 Å². The van der Waals surface area contributed by atoms with E-state index in [1.165, 1.54) is 17.1 Å². The molecular formula is C6H5ClN5O3PS. The zero-order chi connectivity index (χ0) is 12.5. The van der Waals surface area contributed by atoms with Gasteiger partial charge in [0.1, 0.15) is 6.33 Å². The minimum absolute atomic E-state index is 0.242. The standard InChI is InChI=1S/C6H5ClN5O3PS/c7-4-1-2-5(10-9-4)12-3-8-6(11-12)15-16(13,14)17/h1-3H,(H2,13,14,17). The SMILES string of the molecule is OP(O)(=S)Oc1ncn(-c2ccc(Cl)nn2)n1. The quantitative estimate of drug-likeness (QED) is 0.778. The number of hydrogen-bond acceptors (Lipinski definition) is 6. The minimum atomic E-state index is -3.84. The highest BCUT2D eigenvalue weighted by Crippen LogP contribution is 2.36. The van der Waals surface area contributed by atoms with Crippen molar-refractivity contribution >= 4 is 30.1 Å². The number of halogens is 1. The van der Waals surface area contributed by atoms with Gasteiger partial charge in [0.15, 0.2) is 11.0 Å². The van der Waals surface area contributed by atoms with Gasteiger partial charge >= 0.3 is 12.7 Å². The summed E-state index contributed by atoms with van der Waals surface area (Å²) in [5.41, 5.74) is 0. The Hall–Kier alpha value is -1.12. The van der Waals surface area contributed by atoms with Crippen molar-refractivity contribution in [2.75, 3.05) is 0 Å². The molecule has 2 rings (SSSR count). The molecule has 0 saturated carbocycles. The van der Waals surface area contributed by atoms with E-state index in [0.717, 1.165) is 0 Å². The maximum atomic E-state index is 8.91. The lowest BCUT2D eigenvalue weighted by molar-refractivity contribution is 0.357. The van der Waals surface area contributed by atoms with Gasteiger partial charge in [-0.3, -0.25) is 0 Å². The van der Waals surface area contributed by atoms with Crippen LogP contribution >= 0.6 is 18.3 Å². The molecule has 0 saturated heterocycles. The first kappa shape index (κ1) is 12.3. The van der Waals surface area contributed by atoms with E-state index in [4.69, 9.17) is 21.4 Å². The zero-order valence-electron chi connectivity index (χ0n) is 8.00. The number of hydrogen-bond donors (Lipinski definition) is 2. The van der Waals surface area contributed by atoms with Crippen LogP contribution in [0.25, 0.3) is 5.82 Å². The van der Waals surface area contributed by atoms with Gasteiger partial charge in [-0.1, -0.05) is 11.6 Å². The second-order valence-electron chi connectivity index (χ2n) is 2.77. The number of aromatic nitrogens is 5. The molecule has 2 aromatic rings. The third-order valence-corrected chi connectivity index (χ3v) is 2.35. The Labute approximate surface area is 105 Å². The van der Waals surface area contributed by atoms with Crippen LogP contribution in [0.2, 0.25) is 5.15 Å². The topological polar surface area (TPSA) is 106 Å². The Morgan fingerprint density at radius 1 is 1.35 bits per heavy atom. The molecule has 0 aliphatic carbocycles. The smallest absolute Gasteiger partial charge is 0.377 e. The zero-order valence-corrected chi connectivity index (χ0v) is 10.5. The summed E-state index contributed by atoms with van der Waals surface area (Å²) < 4.78 is 5.77. The van der Waals surface area contributed by atoms with Crippen molar-refractivity contribution in [2.45, 2.75) is 0 Å². The number of nitrogens with zero attached hydrogens (tertiary/aromatic N) is 5. The first-order chi connectivity index (χ1) is 7.94. The molecule has 2 heterocycles. The van der Waals surface area contributed by atoms with Crippen LogP contribution in [0.15, 0.2) is 18.5 Å². The summed E-state index contributed by atoms with van der Waals surface area (Å²) in [6.45, 7) is -3.84. The Morgan fingerprint density at radius 3 is 2.71 bits per heavy atom. The third-order valence-electron chi connectivity index (χ3n) is 1.52. The lowest BCUT2D eigenvalue weighted by Gasteiger charge is -2.04. The highest BCUT2D eigenvalue weighted by atomic mass is 35.5. The van der Waals surface area contributed by atoms with Crippen molar-refractivity contribution in [2.24, 2.45) is 0 Å². The van der Waals surface area contributed by atoms with Gasteiger partial charge in [-0.05, 0) is 12.1 Å². The fourth-order valence-electron chi connectivity index (χ4n) is 0.938. The summed E-state index contributed by atoms with van der Waals surface area (Å²) in [7, 11) is 0. The fourth-order valence-corrected chi connectivity index (χ4v) is 1.53. The molecule has 0 radical (unpaired) electrons. The molecule has 0 atom stereocenters. The van der Waals surface area contributed by atoms with Gasteiger partial charge in [0.2, 0.25) is 0 Å². The molecule has 8 nitrogen and oxygen atoms in total. The van der Waals surface area contributed by atoms with Crippen molar-refractivity contribution in [1.82, 2.24) is 25.0 Å². The largest absolute Gasteiger partial charge is 0.388 e. The van der Waals surface area contributed by atoms with Crippen LogP contribution in [-0.4, -0.2) is 34.7 Å². The molecule has 0 unspecified atom stereocenters. The molecule has 0 bridgehead atoms. The molecular weight excluding hydrogens is 289 g/mol. The van der Waals surface area contributed by atoms with E-state index in [1.54, 1.807) is 6.07 Å². The predicted octanol–water partition coefficient (Wildman–Crippen LogP) is 0.299. The van der Waals surface area contributed by atoms with Crippen LogP contribution < -0.4 is 4.52 Å². The van der Waals surface area contributed by atoms with E-state index in [9.17, 15) is 0 Å². The second kappa shape index (κ2) is 4.63. The van der Waals surface area contributed by atoms with E-state index in [2.05, 4.69) is 36.6 Å². The van der Waals surface area contributed by atoms with Crippen molar-refractivity contribution in [3.63, 3.8) is 0 Å². The maximum absolute atomic E-state index is 8.91. The summed E-state index contributed by atoms with van der Waals surface area (Å²) in [6, 6.07) is 2.83. The van der Waals surface area contributed by atoms with Gasteiger partial charge in [-0.15, -0.1) is 15.3 Å². The van der Waals surface area contributed by atoms with E-state index in [1.807, 2.05) is 0 Å². The minimum Gasteiger partial charge on any atom is -0.388 e. The molecule has 2 N–H and O–H groups in total. The normalized spacial score (nSPS) is 11.5. The van der Waals surface area contributed by atoms with Crippen LogP contribution in [-0.2, 0) is 11.8 Å². The van der Waals surface area contributed by atoms with Crippen LogP contribution in [0.5, 0.6) is 6.01 Å². The monoisotopic (exact) mass is 293 g/mol. The van der Waals surface area contributed by atoms with E-state index in [0.29, 0.717) is 5.82 Å². The Bertz CT molecular complexity index is 569. The van der Waals surface area contributed by atoms with Crippen molar-refractivity contribution in [3.05, 3.63) is 23.6 Å². The molecule has 0 spiro atoms. The molecule has 0 fully saturated rings. The highest BCUT2D eigenvalue weighted by molar-refractivity contribution is 8.06. The van der Waals surface area contributed by atoms with Gasteiger partial charge in [0, 0.05) is 11.8 Å². The molecule has 90 valence electrons. The second-order valence-corrected chi connectivity index (χ2v) is 5.75. The van der Waals surface area contributed by atoms with Crippen LogP contribution in [0, 0.1) is 0 Å². The lowest BCUT2D eigenvalue weighted by Crippen LogP contribution is -2.00. The van der Waals surface area contributed by atoms with Gasteiger partial charge in [0.25, 0.3) is 0 Å². The predicted molar refractivity (Wildman–Crippen MR) is 61.3 cm³/mol. The van der Waals surface area contributed by atoms with Crippen LogP contribution in [0.4, 0.5) is 0 Å². The highest BCUT2D eigenvalue weighted by Gasteiger charge is 2.14. The third kappa shape index (κ3) is 3.42. The first-order valence-corrected chi connectivity index (χ1v) is 7.11. The van der Waals surface area contributed by atoms with Crippen molar-refractivity contribution < 1.29 is 14.3 Å². The van der Waals surface area contributed by atoms with Crippen molar-refractivity contribution in [3.8, 4) is 11.8 Å². The van der Waals surface area contributed by atoms with Crippen LogP contribution in [0.3, 0.4) is 0 Å². The first-order valence-electron chi connectivity index (χ1n) is 4.10. The maximum Gasteiger partial charge on any atom is 0.377 e. The average Bonchev–Trinajstić information content (AvgIpc) is 2.64. The van der Waals surface area contributed by atoms with Crippen LogP contribution in [0.1, 0.15) is 0 Å². The molecule has 0 amide bonds. The van der Waals surface area contributed by atoms with Gasteiger partial charge in [-0.25, -0.2) is 0 Å². The Kier molecular flexibility index (Phi) is 3.36. The van der Waals surface area contributed by atoms with E-state index >= 15 is 0 Å². The van der Waals surface area contributed by atoms with E-state index in [-0.39, 0.29) is 11.2 Å².